The van der Waals surface area contributed by atoms with Crippen molar-refractivity contribution in [1.82, 2.24) is 4.90 Å². The lowest BCUT2D eigenvalue weighted by atomic mass is 10.0. The summed E-state index contributed by atoms with van der Waals surface area (Å²) >= 11 is 0. The average Bonchev–Trinajstić information content (AvgIpc) is 2.58. The molecule has 126 valence electrons. The minimum absolute atomic E-state index is 0.199. The lowest BCUT2D eigenvalue weighted by Gasteiger charge is -2.36. The molecular weight excluding hydrogens is 302 g/mol. The highest BCUT2D eigenvalue weighted by Crippen LogP contribution is 2.30. The molecule has 1 aliphatic heterocycles. The van der Waals surface area contributed by atoms with Gasteiger partial charge in [-0.1, -0.05) is 36.4 Å². The van der Waals surface area contributed by atoms with Crippen LogP contribution in [-0.4, -0.2) is 30.9 Å². The molecule has 0 saturated carbocycles. The molecule has 4 nitrogen and oxygen atoms in total. The highest BCUT2D eigenvalue weighted by Gasteiger charge is 2.25. The zero-order chi connectivity index (χ0) is 16.8. The number of likely N-dealkylation sites (tertiary alicyclic amines) is 1. The van der Waals surface area contributed by atoms with E-state index in [2.05, 4.69) is 11.0 Å². The maximum atomic E-state index is 10.7. The second-order valence-corrected chi connectivity index (χ2v) is 6.08. The van der Waals surface area contributed by atoms with Gasteiger partial charge in [0.2, 0.25) is 0 Å². The summed E-state index contributed by atoms with van der Waals surface area (Å²) in [4.78, 5) is 13.0. The Bertz CT molecular complexity index is 666. The second-order valence-electron chi connectivity index (χ2n) is 6.08. The first-order chi connectivity index (χ1) is 11.8. The molecule has 1 heterocycles. The third-order valence-electron chi connectivity index (χ3n) is 4.13. The van der Waals surface area contributed by atoms with Gasteiger partial charge in [-0.3, -0.25) is 4.90 Å². The molecule has 2 aromatic rings. The number of carbonyl (C=O) groups is 1. The summed E-state index contributed by atoms with van der Waals surface area (Å²) in [5.74, 6) is 1.74. The summed E-state index contributed by atoms with van der Waals surface area (Å²) in [7, 11) is 0. The Hall–Kier alpha value is -2.33. The highest BCUT2D eigenvalue weighted by molar-refractivity contribution is 5.55. The fourth-order valence-electron chi connectivity index (χ4n) is 2.86. The standard InChI is InChI=1S/C20H23NO3/c1-2-23-20-10-17(11-21-12-18(13-21)14-22)8-9-19(20)24-15-16-6-4-3-5-7-16/h3-10,14,18H,2,11-13,15H2,1H3. The van der Waals surface area contributed by atoms with Gasteiger partial charge in [-0.2, -0.15) is 0 Å². The van der Waals surface area contributed by atoms with Gasteiger partial charge in [-0.05, 0) is 30.2 Å². The fraction of sp³-hybridized carbons (Fsp3) is 0.350. The van der Waals surface area contributed by atoms with Crippen LogP contribution >= 0.6 is 0 Å². The average molecular weight is 325 g/mol. The third kappa shape index (κ3) is 4.15. The summed E-state index contributed by atoms with van der Waals surface area (Å²) in [6.45, 7) is 5.62. The van der Waals surface area contributed by atoms with Gasteiger partial charge in [0.1, 0.15) is 12.9 Å². The third-order valence-corrected chi connectivity index (χ3v) is 4.13. The first kappa shape index (κ1) is 16.5. The summed E-state index contributed by atoms with van der Waals surface area (Å²) in [5, 5.41) is 0. The number of hydrogen-bond acceptors (Lipinski definition) is 4. The monoisotopic (exact) mass is 325 g/mol. The van der Waals surface area contributed by atoms with Crippen LogP contribution in [0.25, 0.3) is 0 Å². The van der Waals surface area contributed by atoms with Crippen molar-refractivity contribution in [2.75, 3.05) is 19.7 Å². The van der Waals surface area contributed by atoms with Crippen LogP contribution < -0.4 is 9.47 Å². The fourth-order valence-corrected chi connectivity index (χ4v) is 2.86. The molecule has 0 N–H and O–H groups in total. The Kier molecular flexibility index (Phi) is 5.49. The first-order valence-corrected chi connectivity index (χ1v) is 8.38. The van der Waals surface area contributed by atoms with Gasteiger partial charge in [-0.25, -0.2) is 0 Å². The number of benzene rings is 2. The van der Waals surface area contributed by atoms with E-state index in [0.29, 0.717) is 13.2 Å². The molecular formula is C20H23NO3. The molecule has 0 bridgehead atoms. The Morgan fingerprint density at radius 2 is 1.83 bits per heavy atom. The van der Waals surface area contributed by atoms with Crippen LogP contribution in [0.15, 0.2) is 48.5 Å². The molecule has 0 aromatic heterocycles. The van der Waals surface area contributed by atoms with E-state index in [1.54, 1.807) is 0 Å². The van der Waals surface area contributed by atoms with Gasteiger partial charge in [0.25, 0.3) is 0 Å². The Balaban J connectivity index is 1.64. The maximum absolute atomic E-state index is 10.7. The molecule has 0 amide bonds. The number of hydrogen-bond donors (Lipinski definition) is 0. The van der Waals surface area contributed by atoms with Crippen LogP contribution in [0.1, 0.15) is 18.1 Å². The molecule has 1 fully saturated rings. The lowest BCUT2D eigenvalue weighted by molar-refractivity contribution is -0.115. The van der Waals surface area contributed by atoms with Crippen LogP contribution in [0.5, 0.6) is 11.5 Å². The number of ether oxygens (including phenoxy) is 2. The van der Waals surface area contributed by atoms with E-state index in [1.165, 1.54) is 5.56 Å². The van der Waals surface area contributed by atoms with Crippen LogP contribution in [0.3, 0.4) is 0 Å². The minimum Gasteiger partial charge on any atom is -0.490 e. The molecule has 3 rings (SSSR count). The quantitative estimate of drug-likeness (QED) is 0.698. The second kappa shape index (κ2) is 7.97. The summed E-state index contributed by atoms with van der Waals surface area (Å²) in [6, 6.07) is 16.2. The van der Waals surface area contributed by atoms with Crippen molar-refractivity contribution < 1.29 is 14.3 Å². The molecule has 1 saturated heterocycles. The van der Waals surface area contributed by atoms with Crippen LogP contribution in [-0.2, 0) is 17.9 Å². The molecule has 1 aliphatic rings. The topological polar surface area (TPSA) is 38.8 Å². The van der Waals surface area contributed by atoms with Gasteiger partial charge < -0.3 is 14.3 Å². The lowest BCUT2D eigenvalue weighted by Crippen LogP contribution is -2.46. The van der Waals surface area contributed by atoms with Gasteiger partial charge >= 0.3 is 0 Å². The van der Waals surface area contributed by atoms with Crippen LogP contribution in [0, 0.1) is 5.92 Å². The van der Waals surface area contributed by atoms with Crippen LogP contribution in [0.4, 0.5) is 0 Å². The molecule has 0 spiro atoms. The number of aldehydes is 1. The number of nitrogens with zero attached hydrogens (tertiary/aromatic N) is 1. The van der Waals surface area contributed by atoms with Crippen molar-refractivity contribution in [3.05, 3.63) is 59.7 Å². The predicted molar refractivity (Wildman–Crippen MR) is 93.2 cm³/mol. The van der Waals surface area contributed by atoms with Crippen LogP contribution in [0.2, 0.25) is 0 Å². The largest absolute Gasteiger partial charge is 0.490 e. The number of rotatable bonds is 8. The Labute approximate surface area is 143 Å². The molecule has 4 heteroatoms. The maximum Gasteiger partial charge on any atom is 0.161 e. The molecule has 0 atom stereocenters. The molecule has 0 aliphatic carbocycles. The minimum atomic E-state index is 0.199. The van der Waals surface area contributed by atoms with Crippen molar-refractivity contribution in [2.24, 2.45) is 5.92 Å². The van der Waals surface area contributed by atoms with Crippen molar-refractivity contribution >= 4 is 6.29 Å². The van der Waals surface area contributed by atoms with E-state index in [-0.39, 0.29) is 5.92 Å². The Morgan fingerprint density at radius 3 is 2.54 bits per heavy atom. The summed E-state index contributed by atoms with van der Waals surface area (Å²) < 4.78 is 11.7. The van der Waals surface area contributed by atoms with Crippen molar-refractivity contribution in [1.29, 1.82) is 0 Å². The van der Waals surface area contributed by atoms with Gasteiger partial charge in [0.15, 0.2) is 11.5 Å². The van der Waals surface area contributed by atoms with Crippen molar-refractivity contribution in [3.63, 3.8) is 0 Å². The Morgan fingerprint density at radius 1 is 1.04 bits per heavy atom. The van der Waals surface area contributed by atoms with Gasteiger partial charge in [0.05, 0.1) is 6.61 Å². The normalized spacial score (nSPS) is 14.9. The van der Waals surface area contributed by atoms with E-state index in [1.807, 2.05) is 49.4 Å². The van der Waals surface area contributed by atoms with Crippen molar-refractivity contribution in [3.8, 4) is 11.5 Å². The summed E-state index contributed by atoms with van der Waals surface area (Å²) in [5.41, 5.74) is 2.30. The molecule has 0 unspecified atom stereocenters. The van der Waals surface area contributed by atoms with E-state index < -0.39 is 0 Å². The van der Waals surface area contributed by atoms with E-state index in [4.69, 9.17) is 9.47 Å². The first-order valence-electron chi connectivity index (χ1n) is 8.38. The van der Waals surface area contributed by atoms with E-state index in [0.717, 1.165) is 43.0 Å². The molecule has 24 heavy (non-hydrogen) atoms. The van der Waals surface area contributed by atoms with E-state index >= 15 is 0 Å². The highest BCUT2D eigenvalue weighted by atomic mass is 16.5. The SMILES string of the molecule is CCOc1cc(CN2CC(C=O)C2)ccc1OCc1ccccc1. The number of carbonyl (C=O) groups excluding carboxylic acids is 1. The van der Waals surface area contributed by atoms with Gasteiger partial charge in [0, 0.05) is 25.6 Å². The zero-order valence-corrected chi connectivity index (χ0v) is 14.0. The van der Waals surface area contributed by atoms with Gasteiger partial charge in [-0.15, -0.1) is 0 Å². The summed E-state index contributed by atoms with van der Waals surface area (Å²) in [6.07, 6.45) is 1.04. The smallest absolute Gasteiger partial charge is 0.161 e. The predicted octanol–water partition coefficient (Wildman–Crippen LogP) is 3.30. The molecule has 0 radical (unpaired) electrons. The zero-order valence-electron chi connectivity index (χ0n) is 14.0. The molecule has 2 aromatic carbocycles. The van der Waals surface area contributed by atoms with Crippen molar-refractivity contribution in [2.45, 2.75) is 20.1 Å². The van der Waals surface area contributed by atoms with E-state index in [9.17, 15) is 4.79 Å².